The van der Waals surface area contributed by atoms with Crippen LogP contribution in [-0.2, 0) is 14.3 Å². The maximum atomic E-state index is 12.7. The van der Waals surface area contributed by atoms with Crippen LogP contribution in [-0.4, -0.2) is 24.0 Å². The molecule has 130 valence electrons. The number of anilines is 1. The first-order chi connectivity index (χ1) is 12.6. The van der Waals surface area contributed by atoms with Gasteiger partial charge in [-0.1, -0.05) is 53.8 Å². The van der Waals surface area contributed by atoms with Crippen LogP contribution in [0.15, 0.2) is 65.9 Å². The maximum Gasteiger partial charge on any atom is 0.335 e. The molecule has 3 aromatic rings. The first-order valence-electron chi connectivity index (χ1n) is 7.85. The number of carbonyl (C=O) groups excluding carboxylic acids is 2. The van der Waals surface area contributed by atoms with Gasteiger partial charge in [0.25, 0.3) is 0 Å². The third kappa shape index (κ3) is 2.44. The van der Waals surface area contributed by atoms with Crippen LogP contribution in [0.3, 0.4) is 0 Å². The number of aromatic nitrogens is 1. The van der Waals surface area contributed by atoms with E-state index in [0.717, 1.165) is 10.2 Å². The minimum absolute atomic E-state index is 0.192. The second-order valence-corrected chi connectivity index (χ2v) is 6.70. The number of methoxy groups -OCH3 is 1. The lowest BCUT2D eigenvalue weighted by atomic mass is 10.00. The number of para-hydroxylation sites is 1. The quantitative estimate of drug-likeness (QED) is 0.665. The molecule has 4 rings (SSSR count). The van der Waals surface area contributed by atoms with E-state index in [4.69, 9.17) is 4.74 Å². The number of hydrogen-bond donors (Lipinski definition) is 0. The normalized spacial score (nSPS) is 17.2. The Hall–Kier alpha value is -3.19. The zero-order valence-electron chi connectivity index (χ0n) is 13.7. The number of thiazole rings is 1. The summed E-state index contributed by atoms with van der Waals surface area (Å²) >= 11 is 1.30. The lowest BCUT2D eigenvalue weighted by molar-refractivity contribution is -0.298. The summed E-state index contributed by atoms with van der Waals surface area (Å²) < 4.78 is 5.64. The van der Waals surface area contributed by atoms with Crippen molar-refractivity contribution in [2.24, 2.45) is 0 Å². The van der Waals surface area contributed by atoms with Crippen molar-refractivity contribution in [1.29, 1.82) is 0 Å². The molecule has 1 unspecified atom stereocenters. The van der Waals surface area contributed by atoms with Crippen molar-refractivity contribution in [3.05, 3.63) is 71.5 Å². The van der Waals surface area contributed by atoms with Crippen LogP contribution < -0.4 is 10.0 Å². The van der Waals surface area contributed by atoms with Crippen molar-refractivity contribution >= 4 is 38.6 Å². The summed E-state index contributed by atoms with van der Waals surface area (Å²) in [6.07, 6.45) is 0. The number of benzene rings is 2. The predicted molar refractivity (Wildman–Crippen MR) is 95.3 cm³/mol. The van der Waals surface area contributed by atoms with Crippen molar-refractivity contribution in [2.45, 2.75) is 6.04 Å². The van der Waals surface area contributed by atoms with Gasteiger partial charge >= 0.3 is 5.97 Å². The largest absolute Gasteiger partial charge is 0.868 e. The van der Waals surface area contributed by atoms with Crippen LogP contribution in [0.2, 0.25) is 0 Å². The van der Waals surface area contributed by atoms with Crippen molar-refractivity contribution < 1.29 is 19.4 Å². The predicted octanol–water partition coefficient (Wildman–Crippen LogP) is 2.17. The highest BCUT2D eigenvalue weighted by molar-refractivity contribution is 7.22. The maximum absolute atomic E-state index is 12.7. The Morgan fingerprint density at radius 1 is 1.15 bits per heavy atom. The molecule has 0 spiro atoms. The first kappa shape index (κ1) is 16.3. The summed E-state index contributed by atoms with van der Waals surface area (Å²) in [5.41, 5.74) is 1.18. The van der Waals surface area contributed by atoms with Crippen molar-refractivity contribution in [3.63, 3.8) is 0 Å². The number of hydrogen-bond acceptors (Lipinski definition) is 6. The zero-order valence-corrected chi connectivity index (χ0v) is 14.5. The Balaban J connectivity index is 1.90. The Kier molecular flexibility index (Phi) is 3.93. The second-order valence-electron chi connectivity index (χ2n) is 5.69. The summed E-state index contributed by atoms with van der Waals surface area (Å²) in [6, 6.07) is 15.5. The van der Waals surface area contributed by atoms with E-state index < -0.39 is 23.7 Å². The van der Waals surface area contributed by atoms with Crippen LogP contribution in [0.5, 0.6) is 0 Å². The minimum Gasteiger partial charge on any atom is -0.868 e. The molecule has 0 fully saturated rings. The molecule has 26 heavy (non-hydrogen) atoms. The Morgan fingerprint density at radius 2 is 1.85 bits per heavy atom. The van der Waals surface area contributed by atoms with Gasteiger partial charge in [0.05, 0.1) is 28.9 Å². The number of rotatable bonds is 3. The molecule has 6 nitrogen and oxygen atoms in total. The van der Waals surface area contributed by atoms with E-state index in [1.807, 2.05) is 30.3 Å². The Labute approximate surface area is 153 Å². The van der Waals surface area contributed by atoms with Gasteiger partial charge < -0.3 is 9.84 Å². The zero-order chi connectivity index (χ0) is 18.3. The van der Waals surface area contributed by atoms with Crippen LogP contribution in [0.25, 0.3) is 10.2 Å². The van der Waals surface area contributed by atoms with Crippen molar-refractivity contribution in [1.82, 2.24) is 4.98 Å². The fraction of sp³-hybridized carbons (Fsp3) is 0.105. The summed E-state index contributed by atoms with van der Waals surface area (Å²) in [5, 5.41) is 12.9. The Bertz CT molecular complexity index is 1010. The summed E-state index contributed by atoms with van der Waals surface area (Å²) in [5.74, 6) is -2.44. The molecule has 0 radical (unpaired) electrons. The van der Waals surface area contributed by atoms with Gasteiger partial charge in [-0.05, 0) is 23.5 Å². The topological polar surface area (TPSA) is 82.6 Å². The van der Waals surface area contributed by atoms with Crippen LogP contribution in [0.4, 0.5) is 5.13 Å². The van der Waals surface area contributed by atoms with E-state index in [-0.39, 0.29) is 5.57 Å². The van der Waals surface area contributed by atoms with Gasteiger partial charge in [-0.2, -0.15) is 0 Å². The number of fused-ring (bicyclic) bond motifs is 1. The average molecular weight is 365 g/mol. The third-order valence-corrected chi connectivity index (χ3v) is 5.23. The molecule has 1 atom stereocenters. The highest BCUT2D eigenvalue weighted by atomic mass is 32.1. The van der Waals surface area contributed by atoms with Gasteiger partial charge in [0.2, 0.25) is 5.91 Å². The van der Waals surface area contributed by atoms with E-state index in [9.17, 15) is 14.7 Å². The highest BCUT2D eigenvalue weighted by Crippen LogP contribution is 2.42. The number of ether oxygens (including phenoxy) is 1. The lowest BCUT2D eigenvalue weighted by Crippen LogP contribution is -2.32. The molecule has 0 saturated carbocycles. The lowest BCUT2D eigenvalue weighted by Gasteiger charge is -2.24. The summed E-state index contributed by atoms with van der Waals surface area (Å²) in [6.45, 7) is 0. The first-order valence-corrected chi connectivity index (χ1v) is 8.67. The molecule has 0 saturated heterocycles. The number of amides is 1. The van der Waals surface area contributed by atoms with Gasteiger partial charge in [-0.3, -0.25) is 9.69 Å². The fourth-order valence-electron chi connectivity index (χ4n) is 3.02. The average Bonchev–Trinajstić information content (AvgIpc) is 3.21. The van der Waals surface area contributed by atoms with E-state index in [1.54, 1.807) is 24.3 Å². The smallest absolute Gasteiger partial charge is 0.335 e. The summed E-state index contributed by atoms with van der Waals surface area (Å²) in [4.78, 5) is 30.7. The molecule has 1 aliphatic heterocycles. The molecule has 2 aromatic carbocycles. The molecule has 0 aliphatic carbocycles. The van der Waals surface area contributed by atoms with Crippen LogP contribution >= 0.6 is 11.3 Å². The molecule has 1 aromatic heterocycles. The number of carbonyl (C=O) groups is 2. The van der Waals surface area contributed by atoms with Gasteiger partial charge in [0, 0.05) is 0 Å². The summed E-state index contributed by atoms with van der Waals surface area (Å²) in [7, 11) is 1.19. The monoisotopic (exact) mass is 365 g/mol. The molecule has 0 N–H and O–H groups in total. The van der Waals surface area contributed by atoms with Gasteiger partial charge in [0.1, 0.15) is 0 Å². The standard InChI is InChI=1S/C19H14N2O4S/c1-25-18(24)14-15(11-7-3-2-4-8-11)21(17(23)16(14)22)19-20-12-9-5-6-10-13(12)26-19/h2-10,15,22H,1H3/p-1. The fourth-order valence-corrected chi connectivity index (χ4v) is 4.01. The number of nitrogens with zero attached hydrogens (tertiary/aromatic N) is 2. The Morgan fingerprint density at radius 3 is 2.54 bits per heavy atom. The second kappa shape index (κ2) is 6.27. The number of esters is 1. The van der Waals surface area contributed by atoms with Gasteiger partial charge in [-0.15, -0.1) is 0 Å². The van der Waals surface area contributed by atoms with Gasteiger partial charge in [0.15, 0.2) is 5.13 Å². The van der Waals surface area contributed by atoms with E-state index in [2.05, 4.69) is 4.98 Å². The molecule has 7 heteroatoms. The van der Waals surface area contributed by atoms with E-state index >= 15 is 0 Å². The molecular weight excluding hydrogens is 352 g/mol. The molecule has 1 amide bonds. The van der Waals surface area contributed by atoms with Crippen LogP contribution in [0.1, 0.15) is 11.6 Å². The van der Waals surface area contributed by atoms with Crippen LogP contribution in [0, 0.1) is 0 Å². The molecule has 0 bridgehead atoms. The highest BCUT2D eigenvalue weighted by Gasteiger charge is 2.42. The van der Waals surface area contributed by atoms with E-state index in [1.165, 1.54) is 23.3 Å². The van der Waals surface area contributed by atoms with E-state index in [0.29, 0.717) is 10.7 Å². The molecular formula is C19H13N2O4S-. The molecule has 2 heterocycles. The molecule has 1 aliphatic rings. The van der Waals surface area contributed by atoms with Crippen molar-refractivity contribution in [3.8, 4) is 0 Å². The SMILES string of the molecule is COC(=O)C1=C([O-])C(=O)N(c2nc3ccccc3s2)C1c1ccccc1. The van der Waals surface area contributed by atoms with Gasteiger partial charge in [-0.25, -0.2) is 9.78 Å². The minimum atomic E-state index is -0.857. The third-order valence-electron chi connectivity index (χ3n) is 4.20. The van der Waals surface area contributed by atoms with Crippen molar-refractivity contribution in [2.75, 3.05) is 12.0 Å².